The van der Waals surface area contributed by atoms with E-state index in [-0.39, 0.29) is 5.92 Å². The molecule has 0 heterocycles. The minimum Gasteiger partial charge on any atom is -0.462 e. The van der Waals surface area contributed by atoms with Crippen molar-refractivity contribution in [1.82, 2.24) is 0 Å². The van der Waals surface area contributed by atoms with Crippen LogP contribution in [0.1, 0.15) is 48.5 Å². The van der Waals surface area contributed by atoms with Crippen molar-refractivity contribution in [3.05, 3.63) is 0 Å². The first-order valence-corrected chi connectivity index (χ1v) is 5.87. The maximum Gasteiger partial charge on any atom is 0.350 e. The van der Waals surface area contributed by atoms with Crippen LogP contribution in [0.2, 0.25) is 0 Å². The highest BCUT2D eigenvalue weighted by Gasteiger charge is 2.37. The first-order valence-electron chi connectivity index (χ1n) is 5.87. The lowest BCUT2D eigenvalue weighted by atomic mass is 9.96. The normalized spacial score (nSPS) is 12.5. The Morgan fingerprint density at radius 3 is 1.82 bits per heavy atom. The second-order valence-electron chi connectivity index (χ2n) is 6.14. The predicted molar refractivity (Wildman–Crippen MR) is 65.4 cm³/mol. The zero-order valence-electron chi connectivity index (χ0n) is 11.9. The van der Waals surface area contributed by atoms with Crippen molar-refractivity contribution >= 4 is 11.9 Å². The third-order valence-corrected chi connectivity index (χ3v) is 2.00. The number of rotatable bonds is 4. The van der Waals surface area contributed by atoms with Crippen LogP contribution in [-0.2, 0) is 19.1 Å². The Morgan fingerprint density at radius 1 is 1.00 bits per heavy atom. The molecule has 0 saturated carbocycles. The molecule has 0 radical (unpaired) electrons. The summed E-state index contributed by atoms with van der Waals surface area (Å²) in [5, 5.41) is 0. The van der Waals surface area contributed by atoms with E-state index < -0.39 is 23.0 Å². The van der Waals surface area contributed by atoms with Gasteiger partial charge in [-0.3, -0.25) is 4.79 Å². The van der Waals surface area contributed by atoms with Gasteiger partial charge in [-0.15, -0.1) is 0 Å². The van der Waals surface area contributed by atoms with E-state index in [1.165, 1.54) is 0 Å². The van der Waals surface area contributed by atoms with Gasteiger partial charge in [-0.1, -0.05) is 13.8 Å². The van der Waals surface area contributed by atoms with Gasteiger partial charge in [-0.05, 0) is 40.5 Å². The van der Waals surface area contributed by atoms with Crippen LogP contribution in [0.3, 0.4) is 0 Å². The molecule has 4 nitrogen and oxygen atoms in total. The van der Waals surface area contributed by atoms with Crippen LogP contribution in [0.25, 0.3) is 0 Å². The molecule has 0 aliphatic heterocycles. The molecule has 0 bridgehead atoms. The van der Waals surface area contributed by atoms with Gasteiger partial charge in [-0.25, -0.2) is 4.79 Å². The molecule has 0 N–H and O–H groups in total. The molecule has 0 atom stereocenters. The summed E-state index contributed by atoms with van der Waals surface area (Å²) < 4.78 is 10.2. The van der Waals surface area contributed by atoms with E-state index in [1.54, 1.807) is 34.6 Å². The number of hydrogen-bond donors (Lipinski definition) is 0. The summed E-state index contributed by atoms with van der Waals surface area (Å²) in [6, 6.07) is 0. The van der Waals surface area contributed by atoms with E-state index in [2.05, 4.69) is 0 Å². The molecule has 0 rings (SSSR count). The molecule has 17 heavy (non-hydrogen) atoms. The summed E-state index contributed by atoms with van der Waals surface area (Å²) in [7, 11) is 0. The number of esters is 2. The minimum atomic E-state index is -1.24. The van der Waals surface area contributed by atoms with E-state index in [9.17, 15) is 9.59 Å². The van der Waals surface area contributed by atoms with Crippen molar-refractivity contribution < 1.29 is 19.1 Å². The highest BCUT2D eigenvalue weighted by atomic mass is 16.6. The molecule has 0 spiro atoms. The Hall–Kier alpha value is -1.06. The van der Waals surface area contributed by atoms with Gasteiger partial charge in [0.05, 0.1) is 12.0 Å². The Morgan fingerprint density at radius 2 is 1.47 bits per heavy atom. The van der Waals surface area contributed by atoms with Crippen molar-refractivity contribution in [2.45, 2.75) is 54.1 Å². The Balaban J connectivity index is 4.47. The molecule has 0 amide bonds. The van der Waals surface area contributed by atoms with Crippen LogP contribution in [0.4, 0.5) is 0 Å². The maximum absolute atomic E-state index is 11.7. The average Bonchev–Trinajstić information content (AvgIpc) is 2.11. The van der Waals surface area contributed by atoms with Crippen molar-refractivity contribution in [3.8, 4) is 0 Å². The number of hydrogen-bond acceptors (Lipinski definition) is 4. The quantitative estimate of drug-likeness (QED) is 0.713. The zero-order chi connectivity index (χ0) is 13.9. The molecule has 0 aromatic carbocycles. The third kappa shape index (κ3) is 5.71. The fourth-order valence-corrected chi connectivity index (χ4v) is 0.843. The predicted octanol–water partition coefficient (Wildman–Crippen LogP) is 2.55. The van der Waals surface area contributed by atoms with Crippen molar-refractivity contribution in [3.63, 3.8) is 0 Å². The first kappa shape index (κ1) is 15.9. The SMILES string of the molecule is CC(C)COC(=O)C(C)(C)OC(=O)C(C)(C)C. The lowest BCUT2D eigenvalue weighted by Gasteiger charge is -2.27. The molecule has 100 valence electrons. The van der Waals surface area contributed by atoms with Crippen LogP contribution < -0.4 is 0 Å². The van der Waals surface area contributed by atoms with Crippen molar-refractivity contribution in [2.24, 2.45) is 11.3 Å². The second kappa shape index (κ2) is 5.52. The smallest absolute Gasteiger partial charge is 0.350 e. The molecule has 4 heteroatoms. The fourth-order valence-electron chi connectivity index (χ4n) is 0.843. The zero-order valence-corrected chi connectivity index (χ0v) is 11.9. The van der Waals surface area contributed by atoms with E-state index in [4.69, 9.17) is 9.47 Å². The largest absolute Gasteiger partial charge is 0.462 e. The summed E-state index contributed by atoms with van der Waals surface area (Å²) >= 11 is 0. The topological polar surface area (TPSA) is 52.6 Å². The molecular formula is C13H24O4. The maximum atomic E-state index is 11.7. The molecule has 0 saturated heterocycles. The Kier molecular flexibility index (Phi) is 5.17. The standard InChI is InChI=1S/C13H24O4/c1-9(2)8-16-11(15)13(6,7)17-10(14)12(3,4)5/h9H,8H2,1-7H3. The van der Waals surface area contributed by atoms with Gasteiger partial charge in [0.25, 0.3) is 0 Å². The number of ether oxygens (including phenoxy) is 2. The molecule has 0 aliphatic rings. The molecule has 0 aromatic rings. The molecule has 0 fully saturated rings. The fraction of sp³-hybridized carbons (Fsp3) is 0.846. The highest BCUT2D eigenvalue weighted by Crippen LogP contribution is 2.21. The van der Waals surface area contributed by atoms with Gasteiger partial charge >= 0.3 is 11.9 Å². The monoisotopic (exact) mass is 244 g/mol. The van der Waals surface area contributed by atoms with Crippen LogP contribution in [0.15, 0.2) is 0 Å². The van der Waals surface area contributed by atoms with Crippen molar-refractivity contribution in [2.75, 3.05) is 6.61 Å². The van der Waals surface area contributed by atoms with Crippen LogP contribution >= 0.6 is 0 Å². The summed E-state index contributed by atoms with van der Waals surface area (Å²) in [5.41, 5.74) is -1.87. The van der Waals surface area contributed by atoms with Gasteiger partial charge in [0.2, 0.25) is 5.60 Å². The first-order chi connectivity index (χ1) is 7.47. The van der Waals surface area contributed by atoms with E-state index >= 15 is 0 Å². The van der Waals surface area contributed by atoms with Gasteiger partial charge in [0, 0.05) is 0 Å². The summed E-state index contributed by atoms with van der Waals surface area (Å²) in [5.74, 6) is -0.666. The van der Waals surface area contributed by atoms with E-state index in [0.717, 1.165) is 0 Å². The van der Waals surface area contributed by atoms with Gasteiger partial charge < -0.3 is 9.47 Å². The Labute approximate surface area is 104 Å². The summed E-state index contributed by atoms with van der Waals surface area (Å²) in [6.07, 6.45) is 0. The molecular weight excluding hydrogens is 220 g/mol. The van der Waals surface area contributed by atoms with Gasteiger partial charge in [-0.2, -0.15) is 0 Å². The van der Waals surface area contributed by atoms with Crippen LogP contribution in [0, 0.1) is 11.3 Å². The van der Waals surface area contributed by atoms with E-state index in [0.29, 0.717) is 6.61 Å². The molecule has 0 aliphatic carbocycles. The lowest BCUT2D eigenvalue weighted by molar-refractivity contribution is -0.184. The molecule has 0 unspecified atom stereocenters. The highest BCUT2D eigenvalue weighted by molar-refractivity contribution is 5.84. The number of carbonyl (C=O) groups is 2. The Bertz CT molecular complexity index is 284. The summed E-state index contributed by atoms with van der Waals surface area (Å²) in [4.78, 5) is 23.4. The van der Waals surface area contributed by atoms with Gasteiger partial charge in [0.15, 0.2) is 0 Å². The second-order valence-corrected chi connectivity index (χ2v) is 6.14. The number of carbonyl (C=O) groups excluding carboxylic acids is 2. The molecule has 0 aromatic heterocycles. The van der Waals surface area contributed by atoms with Crippen molar-refractivity contribution in [1.29, 1.82) is 0 Å². The van der Waals surface area contributed by atoms with E-state index in [1.807, 2.05) is 13.8 Å². The van der Waals surface area contributed by atoms with Gasteiger partial charge in [0.1, 0.15) is 0 Å². The minimum absolute atomic E-state index is 0.257. The lowest BCUT2D eigenvalue weighted by Crippen LogP contribution is -2.42. The summed E-state index contributed by atoms with van der Waals surface area (Å²) in [6.45, 7) is 12.5. The van der Waals surface area contributed by atoms with Crippen LogP contribution in [0.5, 0.6) is 0 Å². The van der Waals surface area contributed by atoms with Crippen LogP contribution in [-0.4, -0.2) is 24.1 Å². The third-order valence-electron chi connectivity index (χ3n) is 2.00. The average molecular weight is 244 g/mol.